The average molecular weight is 355 g/mol. The van der Waals surface area contributed by atoms with Gasteiger partial charge in [-0.1, -0.05) is 0 Å². The van der Waals surface area contributed by atoms with Gasteiger partial charge in [0.2, 0.25) is 0 Å². The number of halogens is 1. The first-order valence-electron chi connectivity index (χ1n) is 8.01. The smallest absolute Gasteiger partial charge is 0.253 e. The summed E-state index contributed by atoms with van der Waals surface area (Å²) in [6.07, 6.45) is 3.82. The van der Waals surface area contributed by atoms with Crippen LogP contribution >= 0.6 is 0 Å². The first kappa shape index (κ1) is 17.5. The van der Waals surface area contributed by atoms with Crippen LogP contribution < -0.4 is 10.6 Å². The summed E-state index contributed by atoms with van der Waals surface area (Å²) in [5, 5.41) is 10.2. The van der Waals surface area contributed by atoms with Crippen molar-refractivity contribution in [2.45, 2.75) is 13.8 Å². The molecule has 1 amide bonds. The van der Waals surface area contributed by atoms with Crippen LogP contribution in [0, 0.1) is 19.7 Å². The number of carbonyl (C=O) groups excluding carboxylic acids is 1. The summed E-state index contributed by atoms with van der Waals surface area (Å²) >= 11 is 0. The summed E-state index contributed by atoms with van der Waals surface area (Å²) in [5.74, 6) is 0.338. The molecule has 0 aliphatic heterocycles. The highest BCUT2D eigenvalue weighted by molar-refractivity contribution is 5.93. The second kappa shape index (κ2) is 7.68. The van der Waals surface area contributed by atoms with Gasteiger partial charge in [-0.05, 0) is 26.0 Å². The van der Waals surface area contributed by atoms with Gasteiger partial charge in [0, 0.05) is 31.0 Å². The number of anilines is 1. The predicted molar refractivity (Wildman–Crippen MR) is 93.6 cm³/mol. The first-order chi connectivity index (χ1) is 12.5. The summed E-state index contributed by atoms with van der Waals surface area (Å²) in [5.41, 5.74) is 2.06. The van der Waals surface area contributed by atoms with Crippen LogP contribution in [0.1, 0.15) is 21.7 Å². The van der Waals surface area contributed by atoms with Crippen molar-refractivity contribution < 1.29 is 9.18 Å². The van der Waals surface area contributed by atoms with Gasteiger partial charge in [-0.3, -0.25) is 9.78 Å². The van der Waals surface area contributed by atoms with E-state index in [1.807, 2.05) is 19.9 Å². The Labute approximate surface area is 149 Å². The zero-order chi connectivity index (χ0) is 18.5. The van der Waals surface area contributed by atoms with Gasteiger partial charge in [-0.15, -0.1) is 0 Å². The van der Waals surface area contributed by atoms with E-state index in [0.29, 0.717) is 24.7 Å². The fraction of sp³-hybridized carbons (Fsp3) is 0.235. The maximum absolute atomic E-state index is 13.1. The molecule has 0 aromatic carbocycles. The third-order valence-electron chi connectivity index (χ3n) is 3.56. The van der Waals surface area contributed by atoms with E-state index in [-0.39, 0.29) is 11.5 Å². The standard InChI is InChI=1S/C17H18FN7O/c1-11-5-12(2)25(24-11)16-7-15(22-10-23-16)20-3-4-21-17(26)13-6-14(18)9-19-8-13/h5-10H,3-4H2,1-2H3,(H,21,26)(H,20,22,23). The molecule has 0 atom stereocenters. The number of amides is 1. The maximum atomic E-state index is 13.1. The van der Waals surface area contributed by atoms with Crippen molar-refractivity contribution in [3.8, 4) is 5.82 Å². The number of rotatable bonds is 6. The minimum Gasteiger partial charge on any atom is -0.368 e. The Bertz CT molecular complexity index is 925. The second-order valence-electron chi connectivity index (χ2n) is 5.67. The number of aryl methyl sites for hydroxylation is 2. The van der Waals surface area contributed by atoms with E-state index in [1.54, 1.807) is 10.7 Å². The molecule has 0 saturated heterocycles. The van der Waals surface area contributed by atoms with E-state index in [9.17, 15) is 9.18 Å². The molecule has 9 heteroatoms. The Morgan fingerprint density at radius 2 is 2.00 bits per heavy atom. The quantitative estimate of drug-likeness (QED) is 0.653. The number of nitrogens with one attached hydrogen (secondary N) is 2. The molecule has 0 bridgehead atoms. The number of nitrogens with zero attached hydrogens (tertiary/aromatic N) is 5. The number of pyridine rings is 1. The first-order valence-corrected chi connectivity index (χ1v) is 8.01. The van der Waals surface area contributed by atoms with Gasteiger partial charge in [-0.25, -0.2) is 19.0 Å². The fourth-order valence-electron chi connectivity index (χ4n) is 2.43. The van der Waals surface area contributed by atoms with Crippen molar-refractivity contribution in [3.63, 3.8) is 0 Å². The molecule has 0 radical (unpaired) electrons. The molecular weight excluding hydrogens is 337 g/mol. The summed E-state index contributed by atoms with van der Waals surface area (Å²) in [6, 6.07) is 4.88. The summed E-state index contributed by atoms with van der Waals surface area (Å²) in [4.78, 5) is 23.9. The summed E-state index contributed by atoms with van der Waals surface area (Å²) in [6.45, 7) is 4.66. The van der Waals surface area contributed by atoms with Crippen molar-refractivity contribution in [1.29, 1.82) is 0 Å². The second-order valence-corrected chi connectivity index (χ2v) is 5.67. The Morgan fingerprint density at radius 1 is 1.15 bits per heavy atom. The lowest BCUT2D eigenvalue weighted by Gasteiger charge is -2.09. The van der Waals surface area contributed by atoms with Crippen LogP contribution in [-0.4, -0.2) is 43.7 Å². The minimum absolute atomic E-state index is 0.179. The molecule has 8 nitrogen and oxygen atoms in total. The average Bonchev–Trinajstić information content (AvgIpc) is 2.97. The number of aromatic nitrogens is 5. The third-order valence-corrected chi connectivity index (χ3v) is 3.56. The van der Waals surface area contributed by atoms with Crippen LogP contribution in [0.5, 0.6) is 0 Å². The van der Waals surface area contributed by atoms with Crippen molar-refractivity contribution in [2.24, 2.45) is 0 Å². The summed E-state index contributed by atoms with van der Waals surface area (Å²) < 4.78 is 14.8. The van der Waals surface area contributed by atoms with E-state index in [0.717, 1.165) is 23.7 Å². The zero-order valence-electron chi connectivity index (χ0n) is 14.4. The van der Waals surface area contributed by atoms with Crippen LogP contribution in [0.25, 0.3) is 5.82 Å². The Hall–Kier alpha value is -3.36. The molecule has 134 valence electrons. The van der Waals surface area contributed by atoms with E-state index in [2.05, 4.69) is 30.7 Å². The van der Waals surface area contributed by atoms with Gasteiger partial charge >= 0.3 is 0 Å². The molecule has 0 saturated carbocycles. The zero-order valence-corrected chi connectivity index (χ0v) is 14.4. The molecule has 0 aliphatic rings. The van der Waals surface area contributed by atoms with E-state index in [4.69, 9.17) is 0 Å². The van der Waals surface area contributed by atoms with Crippen LogP contribution in [0.4, 0.5) is 10.2 Å². The van der Waals surface area contributed by atoms with Gasteiger partial charge in [-0.2, -0.15) is 5.10 Å². The number of carbonyl (C=O) groups is 1. The third kappa shape index (κ3) is 4.18. The van der Waals surface area contributed by atoms with Crippen molar-refractivity contribution in [3.05, 3.63) is 59.7 Å². The van der Waals surface area contributed by atoms with Gasteiger partial charge in [0.05, 0.1) is 17.5 Å². The lowest BCUT2D eigenvalue weighted by atomic mass is 10.2. The normalized spacial score (nSPS) is 10.6. The van der Waals surface area contributed by atoms with Gasteiger partial charge in [0.25, 0.3) is 5.91 Å². The lowest BCUT2D eigenvalue weighted by molar-refractivity contribution is 0.0954. The molecule has 3 aromatic rings. The van der Waals surface area contributed by atoms with Crippen LogP contribution in [0.3, 0.4) is 0 Å². The Balaban J connectivity index is 1.55. The van der Waals surface area contributed by atoms with Crippen molar-refractivity contribution >= 4 is 11.7 Å². The number of hydrogen-bond acceptors (Lipinski definition) is 6. The molecule has 0 spiro atoms. The van der Waals surface area contributed by atoms with Gasteiger partial charge < -0.3 is 10.6 Å². The largest absolute Gasteiger partial charge is 0.368 e. The maximum Gasteiger partial charge on any atom is 0.253 e. The molecular formula is C17H18FN7O. The van der Waals surface area contributed by atoms with Crippen LogP contribution in [0.15, 0.2) is 36.9 Å². The molecule has 3 rings (SSSR count). The molecule has 2 N–H and O–H groups in total. The molecule has 0 aliphatic carbocycles. The fourth-order valence-corrected chi connectivity index (χ4v) is 2.43. The monoisotopic (exact) mass is 355 g/mol. The predicted octanol–water partition coefficient (Wildman–Crippen LogP) is 1.66. The molecule has 0 unspecified atom stereocenters. The van der Waals surface area contributed by atoms with Gasteiger partial charge in [0.1, 0.15) is 18.0 Å². The minimum atomic E-state index is -0.548. The van der Waals surface area contributed by atoms with Crippen molar-refractivity contribution in [1.82, 2.24) is 30.0 Å². The van der Waals surface area contributed by atoms with Crippen molar-refractivity contribution in [2.75, 3.05) is 18.4 Å². The highest BCUT2D eigenvalue weighted by Crippen LogP contribution is 2.12. The van der Waals surface area contributed by atoms with Crippen LogP contribution in [0.2, 0.25) is 0 Å². The van der Waals surface area contributed by atoms with Crippen LogP contribution in [-0.2, 0) is 0 Å². The summed E-state index contributed by atoms with van der Waals surface area (Å²) in [7, 11) is 0. The highest BCUT2D eigenvalue weighted by Gasteiger charge is 2.08. The van der Waals surface area contributed by atoms with E-state index in [1.165, 1.54) is 12.5 Å². The highest BCUT2D eigenvalue weighted by atomic mass is 19.1. The van der Waals surface area contributed by atoms with E-state index >= 15 is 0 Å². The molecule has 0 fully saturated rings. The lowest BCUT2D eigenvalue weighted by Crippen LogP contribution is -2.29. The van der Waals surface area contributed by atoms with Gasteiger partial charge in [0.15, 0.2) is 5.82 Å². The Kier molecular flexibility index (Phi) is 5.16. The Morgan fingerprint density at radius 3 is 2.73 bits per heavy atom. The molecule has 26 heavy (non-hydrogen) atoms. The SMILES string of the molecule is Cc1cc(C)n(-c2cc(NCCNC(=O)c3cncc(F)c3)ncn2)n1. The molecule has 3 aromatic heterocycles. The molecule has 3 heterocycles. The topological polar surface area (TPSA) is 97.6 Å². The van der Waals surface area contributed by atoms with E-state index < -0.39 is 5.82 Å². The number of hydrogen-bond donors (Lipinski definition) is 2.